The molecule has 2 amide bonds. The molecule has 1 aromatic carbocycles. The van der Waals surface area contributed by atoms with Gasteiger partial charge in [0.2, 0.25) is 11.8 Å². The van der Waals surface area contributed by atoms with E-state index in [1.807, 2.05) is 32.0 Å². The Balaban J connectivity index is 1.51. The lowest BCUT2D eigenvalue weighted by Crippen LogP contribution is -2.36. The SMILES string of the molecule is Cc1cccc(C)c1NC(=O)CN(C)C(=O)C[C@@H]1C[C@H]2CC[C@H]1C2. The summed E-state index contributed by atoms with van der Waals surface area (Å²) in [7, 11) is 1.74. The quantitative estimate of drug-likeness (QED) is 0.899. The minimum Gasteiger partial charge on any atom is -0.336 e. The number of carbonyl (C=O) groups is 2. The largest absolute Gasteiger partial charge is 0.336 e. The first-order valence-electron chi connectivity index (χ1n) is 9.04. The molecule has 0 heterocycles. The highest BCUT2D eigenvalue weighted by Gasteiger charge is 2.40. The van der Waals surface area contributed by atoms with Gasteiger partial charge in [-0.1, -0.05) is 24.6 Å². The lowest BCUT2D eigenvalue weighted by molar-refractivity contribution is -0.134. The minimum atomic E-state index is -0.129. The summed E-state index contributed by atoms with van der Waals surface area (Å²) in [6, 6.07) is 5.94. The molecule has 2 saturated carbocycles. The Morgan fingerprint density at radius 3 is 2.46 bits per heavy atom. The third kappa shape index (κ3) is 3.63. The maximum Gasteiger partial charge on any atom is 0.243 e. The molecule has 24 heavy (non-hydrogen) atoms. The van der Waals surface area contributed by atoms with Crippen molar-refractivity contribution in [3.05, 3.63) is 29.3 Å². The molecule has 2 aliphatic carbocycles. The van der Waals surface area contributed by atoms with Crippen LogP contribution in [0, 0.1) is 31.6 Å². The second-order valence-electron chi connectivity index (χ2n) is 7.70. The van der Waals surface area contributed by atoms with E-state index >= 15 is 0 Å². The van der Waals surface area contributed by atoms with E-state index in [2.05, 4.69) is 5.32 Å². The molecule has 2 fully saturated rings. The number of hydrogen-bond acceptors (Lipinski definition) is 2. The number of amides is 2. The smallest absolute Gasteiger partial charge is 0.243 e. The molecule has 0 radical (unpaired) electrons. The van der Waals surface area contributed by atoms with Gasteiger partial charge < -0.3 is 10.2 Å². The van der Waals surface area contributed by atoms with E-state index in [1.54, 1.807) is 11.9 Å². The third-order valence-electron chi connectivity index (χ3n) is 5.87. The molecule has 130 valence electrons. The van der Waals surface area contributed by atoms with E-state index in [4.69, 9.17) is 0 Å². The fraction of sp³-hybridized carbons (Fsp3) is 0.600. The van der Waals surface area contributed by atoms with Gasteiger partial charge in [-0.05, 0) is 62.0 Å². The van der Waals surface area contributed by atoms with Crippen LogP contribution in [0.1, 0.15) is 43.2 Å². The van der Waals surface area contributed by atoms with Crippen molar-refractivity contribution in [3.8, 4) is 0 Å². The van der Waals surface area contributed by atoms with E-state index in [0.717, 1.165) is 28.7 Å². The summed E-state index contributed by atoms with van der Waals surface area (Å²) in [6.07, 6.45) is 5.77. The van der Waals surface area contributed by atoms with Crippen molar-refractivity contribution >= 4 is 17.5 Å². The molecule has 4 heteroatoms. The molecule has 3 rings (SSSR count). The average molecular weight is 328 g/mol. The van der Waals surface area contributed by atoms with Gasteiger partial charge in [-0.3, -0.25) is 9.59 Å². The van der Waals surface area contributed by atoms with Crippen molar-refractivity contribution in [2.75, 3.05) is 18.9 Å². The summed E-state index contributed by atoms with van der Waals surface area (Å²) in [6.45, 7) is 4.08. The first kappa shape index (κ1) is 17.0. The Morgan fingerprint density at radius 1 is 1.17 bits per heavy atom. The molecule has 0 aromatic heterocycles. The van der Waals surface area contributed by atoms with E-state index in [9.17, 15) is 9.59 Å². The summed E-state index contributed by atoms with van der Waals surface area (Å²) in [5.41, 5.74) is 2.94. The van der Waals surface area contributed by atoms with Gasteiger partial charge in [0.05, 0.1) is 6.54 Å². The second-order valence-corrected chi connectivity index (χ2v) is 7.70. The molecule has 0 saturated heterocycles. The standard InChI is InChI=1S/C20H28N2O2/c1-13-5-4-6-14(2)20(13)21-18(23)12-22(3)19(24)11-17-10-15-7-8-16(17)9-15/h4-6,15-17H,7-12H2,1-3H3,(H,21,23)/t15-,16-,17-/m0/s1. The molecule has 1 aromatic rings. The zero-order valence-electron chi connectivity index (χ0n) is 15.0. The Labute approximate surface area is 144 Å². The van der Waals surface area contributed by atoms with E-state index < -0.39 is 0 Å². The van der Waals surface area contributed by atoms with Gasteiger partial charge in [-0.25, -0.2) is 0 Å². The number of nitrogens with zero attached hydrogens (tertiary/aromatic N) is 1. The molecule has 0 spiro atoms. The number of nitrogens with one attached hydrogen (secondary N) is 1. The normalized spacial score (nSPS) is 24.9. The van der Waals surface area contributed by atoms with Crippen LogP contribution in [-0.2, 0) is 9.59 Å². The Morgan fingerprint density at radius 2 is 1.88 bits per heavy atom. The summed E-state index contributed by atoms with van der Waals surface area (Å²) in [4.78, 5) is 26.3. The molecular weight excluding hydrogens is 300 g/mol. The van der Waals surface area contributed by atoms with Crippen molar-refractivity contribution in [1.29, 1.82) is 0 Å². The van der Waals surface area contributed by atoms with Crippen LogP contribution in [0.2, 0.25) is 0 Å². The van der Waals surface area contributed by atoms with Crippen molar-refractivity contribution in [2.24, 2.45) is 17.8 Å². The van der Waals surface area contributed by atoms with E-state index in [-0.39, 0.29) is 18.4 Å². The van der Waals surface area contributed by atoms with Crippen LogP contribution in [-0.4, -0.2) is 30.3 Å². The van der Waals surface area contributed by atoms with Gasteiger partial charge >= 0.3 is 0 Å². The first-order valence-corrected chi connectivity index (χ1v) is 9.04. The van der Waals surface area contributed by atoms with Crippen molar-refractivity contribution < 1.29 is 9.59 Å². The van der Waals surface area contributed by atoms with Gasteiger partial charge in [0, 0.05) is 19.2 Å². The van der Waals surface area contributed by atoms with E-state index in [1.165, 1.54) is 25.7 Å². The summed E-state index contributed by atoms with van der Waals surface area (Å²) < 4.78 is 0. The van der Waals surface area contributed by atoms with Gasteiger partial charge in [0.1, 0.15) is 0 Å². The Kier molecular flexibility index (Phi) is 4.93. The van der Waals surface area contributed by atoms with Crippen LogP contribution in [0.25, 0.3) is 0 Å². The van der Waals surface area contributed by atoms with Crippen molar-refractivity contribution in [2.45, 2.75) is 46.0 Å². The molecule has 1 N–H and O–H groups in total. The van der Waals surface area contributed by atoms with Crippen LogP contribution >= 0.6 is 0 Å². The highest BCUT2D eigenvalue weighted by Crippen LogP contribution is 2.49. The predicted molar refractivity (Wildman–Crippen MR) is 95.7 cm³/mol. The number of aryl methyl sites for hydroxylation is 2. The molecule has 3 atom stereocenters. The lowest BCUT2D eigenvalue weighted by Gasteiger charge is -2.24. The Hall–Kier alpha value is -1.84. The maximum atomic E-state index is 12.4. The number of hydrogen-bond donors (Lipinski definition) is 1. The van der Waals surface area contributed by atoms with Crippen molar-refractivity contribution in [3.63, 3.8) is 0 Å². The van der Waals surface area contributed by atoms with Crippen LogP contribution in [0.5, 0.6) is 0 Å². The first-order chi connectivity index (χ1) is 11.4. The molecule has 4 nitrogen and oxygen atoms in total. The average Bonchev–Trinajstić information content (AvgIpc) is 3.13. The maximum absolute atomic E-state index is 12.4. The van der Waals surface area contributed by atoms with Crippen LogP contribution < -0.4 is 5.32 Å². The van der Waals surface area contributed by atoms with Gasteiger partial charge in [0.15, 0.2) is 0 Å². The lowest BCUT2D eigenvalue weighted by atomic mass is 9.86. The molecule has 0 unspecified atom stereocenters. The van der Waals surface area contributed by atoms with Crippen molar-refractivity contribution in [1.82, 2.24) is 4.90 Å². The third-order valence-corrected chi connectivity index (χ3v) is 5.87. The summed E-state index contributed by atoms with van der Waals surface area (Å²) in [5.74, 6) is 2.11. The second kappa shape index (κ2) is 6.96. The monoisotopic (exact) mass is 328 g/mol. The van der Waals surface area contributed by atoms with Gasteiger partial charge in [0.25, 0.3) is 0 Å². The number of fused-ring (bicyclic) bond motifs is 2. The molecule has 0 aliphatic heterocycles. The Bertz CT molecular complexity index is 620. The molecule has 2 aliphatic rings. The summed E-state index contributed by atoms with van der Waals surface area (Å²) >= 11 is 0. The number of para-hydroxylation sites is 1. The van der Waals surface area contributed by atoms with E-state index in [0.29, 0.717) is 12.3 Å². The number of carbonyl (C=O) groups excluding carboxylic acids is 2. The topological polar surface area (TPSA) is 49.4 Å². The number of likely N-dealkylation sites (N-methyl/N-ethyl adjacent to an activating group) is 1. The molecule has 2 bridgehead atoms. The number of anilines is 1. The zero-order chi connectivity index (χ0) is 17.3. The minimum absolute atomic E-state index is 0.101. The highest BCUT2D eigenvalue weighted by molar-refractivity contribution is 5.95. The summed E-state index contributed by atoms with van der Waals surface area (Å²) in [5, 5.41) is 2.95. The van der Waals surface area contributed by atoms with Crippen LogP contribution in [0.3, 0.4) is 0 Å². The van der Waals surface area contributed by atoms with Crippen LogP contribution in [0.4, 0.5) is 5.69 Å². The number of rotatable bonds is 5. The predicted octanol–water partition coefficient (Wildman–Crippen LogP) is 3.53. The number of benzene rings is 1. The zero-order valence-corrected chi connectivity index (χ0v) is 15.0. The molecular formula is C20H28N2O2. The highest BCUT2D eigenvalue weighted by atomic mass is 16.2. The van der Waals surface area contributed by atoms with Crippen LogP contribution in [0.15, 0.2) is 18.2 Å². The fourth-order valence-electron chi connectivity index (χ4n) is 4.50. The van der Waals surface area contributed by atoms with Gasteiger partial charge in [-0.2, -0.15) is 0 Å². The van der Waals surface area contributed by atoms with Gasteiger partial charge in [-0.15, -0.1) is 0 Å². The fourth-order valence-corrected chi connectivity index (χ4v) is 4.50.